The summed E-state index contributed by atoms with van der Waals surface area (Å²) in [6.07, 6.45) is 1.38. The molecule has 1 aromatic carbocycles. The second-order valence-electron chi connectivity index (χ2n) is 6.72. The van der Waals surface area contributed by atoms with Crippen molar-refractivity contribution in [1.82, 2.24) is 13.9 Å². The number of benzene rings is 1. The topological polar surface area (TPSA) is 79.0 Å². The summed E-state index contributed by atoms with van der Waals surface area (Å²) in [5.41, 5.74) is 0.982. The van der Waals surface area contributed by atoms with Crippen LogP contribution >= 0.6 is 0 Å². The highest BCUT2D eigenvalue weighted by atomic mass is 32.2. The Bertz CT molecular complexity index is 704. The van der Waals surface area contributed by atoms with Gasteiger partial charge in [0.05, 0.1) is 18.6 Å². The van der Waals surface area contributed by atoms with E-state index in [1.54, 1.807) is 0 Å². The Hall–Kier alpha value is -1.64. The number of ether oxygens (including phenoxy) is 1. The van der Waals surface area contributed by atoms with Gasteiger partial charge in [-0.1, -0.05) is 12.1 Å². The normalized spacial score (nSPS) is 20.0. The Kier molecular flexibility index (Phi) is 7.02. The zero-order valence-corrected chi connectivity index (χ0v) is 16.8. The number of rotatable bonds is 7. The molecule has 1 amide bonds. The molecule has 1 aliphatic rings. The maximum atomic E-state index is 12.6. The van der Waals surface area contributed by atoms with Crippen LogP contribution in [0.15, 0.2) is 24.3 Å². The van der Waals surface area contributed by atoms with Gasteiger partial charge in [0, 0.05) is 27.2 Å². The molecule has 0 unspecified atom stereocenters. The third-order valence-electron chi connectivity index (χ3n) is 4.59. The van der Waals surface area contributed by atoms with Crippen molar-refractivity contribution in [3.05, 3.63) is 29.8 Å². The third-order valence-corrected chi connectivity index (χ3v) is 6.50. The molecular weight excluding hydrogens is 354 g/mol. The number of nitrogens with one attached hydrogen (secondary N) is 1. The molecule has 1 fully saturated rings. The first-order valence-corrected chi connectivity index (χ1v) is 10.4. The van der Waals surface area contributed by atoms with Gasteiger partial charge in [-0.25, -0.2) is 0 Å². The minimum atomic E-state index is -3.48. The predicted molar refractivity (Wildman–Crippen MR) is 101 cm³/mol. The first kappa shape index (κ1) is 20.7. The summed E-state index contributed by atoms with van der Waals surface area (Å²) >= 11 is 0. The van der Waals surface area contributed by atoms with Crippen LogP contribution in [-0.4, -0.2) is 56.7 Å². The highest BCUT2D eigenvalue weighted by Gasteiger charge is 2.33. The van der Waals surface area contributed by atoms with Crippen LogP contribution in [0, 0.1) is 5.92 Å². The average molecular weight is 384 g/mol. The van der Waals surface area contributed by atoms with Crippen molar-refractivity contribution in [2.45, 2.75) is 32.7 Å². The standard InChI is InChI=1S/C18H29N3O4S/c1-5-25-17-10-8-15(9-11-17)14(2)19-18(22)16-7-6-12-21(13-16)26(23,24)20(3)4/h8-11,14,16H,5-7,12-13H2,1-4H3,(H,19,22)/t14-,16+/m0/s1. The first-order valence-electron chi connectivity index (χ1n) is 8.96. The van der Waals surface area contributed by atoms with Crippen LogP contribution in [-0.2, 0) is 15.0 Å². The lowest BCUT2D eigenvalue weighted by Gasteiger charge is -2.33. The smallest absolute Gasteiger partial charge is 0.281 e. The molecule has 1 N–H and O–H groups in total. The minimum absolute atomic E-state index is 0.106. The van der Waals surface area contributed by atoms with E-state index in [4.69, 9.17) is 4.74 Å². The summed E-state index contributed by atoms with van der Waals surface area (Å²) in [6, 6.07) is 7.47. The minimum Gasteiger partial charge on any atom is -0.494 e. The number of carbonyl (C=O) groups excluding carboxylic acids is 1. The van der Waals surface area contributed by atoms with Gasteiger partial charge in [-0.15, -0.1) is 0 Å². The summed E-state index contributed by atoms with van der Waals surface area (Å²) < 4.78 is 32.6. The highest BCUT2D eigenvalue weighted by molar-refractivity contribution is 7.86. The summed E-state index contributed by atoms with van der Waals surface area (Å²) in [5.74, 6) is 0.361. The molecule has 1 aliphatic heterocycles. The molecule has 8 heteroatoms. The van der Waals surface area contributed by atoms with Crippen molar-refractivity contribution in [2.24, 2.45) is 5.92 Å². The third kappa shape index (κ3) is 4.96. The van der Waals surface area contributed by atoms with Crippen molar-refractivity contribution in [3.63, 3.8) is 0 Å². The number of hydrogen-bond acceptors (Lipinski definition) is 4. The van der Waals surface area contributed by atoms with E-state index in [1.807, 2.05) is 38.1 Å². The largest absolute Gasteiger partial charge is 0.494 e. The molecule has 0 spiro atoms. The molecule has 1 heterocycles. The lowest BCUT2D eigenvalue weighted by molar-refractivity contribution is -0.126. The molecule has 0 aliphatic carbocycles. The van der Waals surface area contributed by atoms with Crippen molar-refractivity contribution < 1.29 is 17.9 Å². The maximum Gasteiger partial charge on any atom is 0.281 e. The van der Waals surface area contributed by atoms with Crippen LogP contribution in [0.4, 0.5) is 0 Å². The molecule has 0 radical (unpaired) electrons. The van der Waals surface area contributed by atoms with Gasteiger partial charge >= 0.3 is 0 Å². The molecule has 2 rings (SSSR count). The Labute approximate surface area is 156 Å². The Morgan fingerprint density at radius 2 is 2.00 bits per heavy atom. The number of nitrogens with zero attached hydrogens (tertiary/aromatic N) is 2. The van der Waals surface area contributed by atoms with E-state index < -0.39 is 10.2 Å². The van der Waals surface area contributed by atoms with Crippen molar-refractivity contribution in [3.8, 4) is 5.75 Å². The van der Waals surface area contributed by atoms with Gasteiger partial charge in [-0.3, -0.25) is 4.79 Å². The fraction of sp³-hybridized carbons (Fsp3) is 0.611. The van der Waals surface area contributed by atoms with Gasteiger partial charge in [0.1, 0.15) is 5.75 Å². The average Bonchev–Trinajstić information content (AvgIpc) is 2.62. The Morgan fingerprint density at radius 1 is 1.35 bits per heavy atom. The molecule has 26 heavy (non-hydrogen) atoms. The zero-order valence-electron chi connectivity index (χ0n) is 15.9. The van der Waals surface area contributed by atoms with E-state index in [2.05, 4.69) is 5.32 Å². The van der Waals surface area contributed by atoms with E-state index in [1.165, 1.54) is 22.7 Å². The van der Waals surface area contributed by atoms with Crippen LogP contribution in [0.3, 0.4) is 0 Å². The number of hydrogen-bond donors (Lipinski definition) is 1. The van der Waals surface area contributed by atoms with Gasteiger partial charge in [0.2, 0.25) is 5.91 Å². The van der Waals surface area contributed by atoms with E-state index in [0.717, 1.165) is 11.3 Å². The van der Waals surface area contributed by atoms with E-state index >= 15 is 0 Å². The molecule has 0 bridgehead atoms. The molecular formula is C18H29N3O4S. The summed E-state index contributed by atoms with van der Waals surface area (Å²) in [6.45, 7) is 5.15. The van der Waals surface area contributed by atoms with Crippen LogP contribution in [0.1, 0.15) is 38.3 Å². The lowest BCUT2D eigenvalue weighted by Crippen LogP contribution is -2.49. The first-order chi connectivity index (χ1) is 12.3. The van der Waals surface area contributed by atoms with Crippen LogP contribution in [0.25, 0.3) is 0 Å². The van der Waals surface area contributed by atoms with E-state index in [9.17, 15) is 13.2 Å². The van der Waals surface area contributed by atoms with Gasteiger partial charge < -0.3 is 10.1 Å². The van der Waals surface area contributed by atoms with Crippen molar-refractivity contribution in [1.29, 1.82) is 0 Å². The van der Waals surface area contributed by atoms with Gasteiger partial charge in [-0.05, 0) is 44.4 Å². The Morgan fingerprint density at radius 3 is 2.58 bits per heavy atom. The lowest BCUT2D eigenvalue weighted by atomic mass is 9.98. The monoisotopic (exact) mass is 383 g/mol. The van der Waals surface area contributed by atoms with Gasteiger partial charge in [-0.2, -0.15) is 17.0 Å². The van der Waals surface area contributed by atoms with Crippen LogP contribution in [0.2, 0.25) is 0 Å². The van der Waals surface area contributed by atoms with Gasteiger partial charge in [0.15, 0.2) is 0 Å². The van der Waals surface area contributed by atoms with E-state index in [-0.39, 0.29) is 24.4 Å². The molecule has 1 saturated heterocycles. The quantitative estimate of drug-likeness (QED) is 0.778. The molecule has 2 atom stereocenters. The van der Waals surface area contributed by atoms with Gasteiger partial charge in [0.25, 0.3) is 10.2 Å². The summed E-state index contributed by atoms with van der Waals surface area (Å²) in [7, 11) is -0.471. The second-order valence-corrected chi connectivity index (χ2v) is 8.86. The van der Waals surface area contributed by atoms with Crippen LogP contribution in [0.5, 0.6) is 5.75 Å². The Balaban J connectivity index is 1.98. The molecule has 7 nitrogen and oxygen atoms in total. The van der Waals surface area contributed by atoms with E-state index in [0.29, 0.717) is 26.0 Å². The number of amides is 1. The predicted octanol–water partition coefficient (Wildman–Crippen LogP) is 1.78. The SMILES string of the molecule is CCOc1ccc([C@H](C)NC(=O)[C@@H]2CCCN(S(=O)(=O)N(C)C)C2)cc1. The van der Waals surface area contributed by atoms with Crippen molar-refractivity contribution in [2.75, 3.05) is 33.8 Å². The number of carbonyl (C=O) groups is 1. The second kappa shape index (κ2) is 8.83. The fourth-order valence-corrected chi connectivity index (χ4v) is 4.22. The number of piperidine rings is 1. The summed E-state index contributed by atoms with van der Waals surface area (Å²) in [4.78, 5) is 12.6. The van der Waals surface area contributed by atoms with Crippen LogP contribution < -0.4 is 10.1 Å². The fourth-order valence-electron chi connectivity index (χ4n) is 3.03. The molecule has 0 saturated carbocycles. The summed E-state index contributed by atoms with van der Waals surface area (Å²) in [5, 5.41) is 3.00. The highest BCUT2D eigenvalue weighted by Crippen LogP contribution is 2.22. The molecule has 0 aromatic heterocycles. The van der Waals surface area contributed by atoms with Crippen molar-refractivity contribution >= 4 is 16.1 Å². The molecule has 1 aromatic rings. The zero-order chi connectivity index (χ0) is 19.3. The molecule has 146 valence electrons. The maximum absolute atomic E-state index is 12.6.